The highest BCUT2D eigenvalue weighted by Crippen LogP contribution is 2.31. The molecule has 1 aromatic heterocycles. The van der Waals surface area contributed by atoms with Crippen molar-refractivity contribution in [1.82, 2.24) is 4.98 Å². The number of carbonyl (C=O) groups is 1. The molecular formula is C22H22FN3O. The van der Waals surface area contributed by atoms with E-state index in [-0.39, 0.29) is 17.1 Å². The highest BCUT2D eigenvalue weighted by Gasteiger charge is 2.17. The maximum Gasteiger partial charge on any atom is 0.257 e. The lowest BCUT2D eigenvalue weighted by Crippen LogP contribution is -2.14. The van der Waals surface area contributed by atoms with Gasteiger partial charge in [0.25, 0.3) is 5.91 Å². The molecule has 0 fully saturated rings. The Kier molecular flexibility index (Phi) is 5.21. The Morgan fingerprint density at radius 3 is 2.37 bits per heavy atom. The number of amides is 1. The van der Waals surface area contributed by atoms with Crippen molar-refractivity contribution < 1.29 is 9.18 Å². The zero-order valence-corrected chi connectivity index (χ0v) is 15.6. The van der Waals surface area contributed by atoms with Crippen molar-refractivity contribution >= 4 is 23.0 Å². The van der Waals surface area contributed by atoms with Crippen LogP contribution in [-0.4, -0.2) is 10.9 Å². The first-order chi connectivity index (χ1) is 12.8. The fourth-order valence-electron chi connectivity index (χ4n) is 2.77. The van der Waals surface area contributed by atoms with Crippen LogP contribution in [0.1, 0.15) is 36.7 Å². The predicted molar refractivity (Wildman–Crippen MR) is 107 cm³/mol. The number of anilines is 3. The van der Waals surface area contributed by atoms with Gasteiger partial charge in [0.05, 0.1) is 17.4 Å². The van der Waals surface area contributed by atoms with E-state index in [1.165, 1.54) is 36.0 Å². The Labute approximate surface area is 158 Å². The predicted octanol–water partition coefficient (Wildman–Crippen LogP) is 5.51. The molecular weight excluding hydrogens is 341 g/mol. The van der Waals surface area contributed by atoms with Crippen molar-refractivity contribution in [2.24, 2.45) is 0 Å². The van der Waals surface area contributed by atoms with Crippen LogP contribution in [0.2, 0.25) is 0 Å². The van der Waals surface area contributed by atoms with Crippen LogP contribution in [-0.2, 0) is 5.41 Å². The molecule has 0 saturated heterocycles. The third-order valence-corrected chi connectivity index (χ3v) is 4.12. The zero-order chi connectivity index (χ0) is 19.4. The van der Waals surface area contributed by atoms with E-state index < -0.39 is 0 Å². The van der Waals surface area contributed by atoms with Gasteiger partial charge in [0.2, 0.25) is 0 Å². The summed E-state index contributed by atoms with van der Waals surface area (Å²) in [6, 6.07) is 15.4. The zero-order valence-electron chi connectivity index (χ0n) is 15.6. The number of benzene rings is 2. The summed E-state index contributed by atoms with van der Waals surface area (Å²) in [6.45, 7) is 6.45. The summed E-state index contributed by atoms with van der Waals surface area (Å²) < 4.78 is 13.0. The molecule has 1 heterocycles. The highest BCUT2D eigenvalue weighted by molar-refractivity contribution is 6.04. The molecule has 3 aromatic rings. The van der Waals surface area contributed by atoms with Gasteiger partial charge in [0.1, 0.15) is 5.82 Å². The Morgan fingerprint density at radius 1 is 0.963 bits per heavy atom. The molecule has 0 bridgehead atoms. The van der Waals surface area contributed by atoms with Gasteiger partial charge >= 0.3 is 0 Å². The molecule has 27 heavy (non-hydrogen) atoms. The smallest absolute Gasteiger partial charge is 0.257 e. The van der Waals surface area contributed by atoms with Crippen LogP contribution in [0.5, 0.6) is 0 Å². The maximum absolute atomic E-state index is 13.0. The van der Waals surface area contributed by atoms with Crippen LogP contribution in [0.4, 0.5) is 21.5 Å². The van der Waals surface area contributed by atoms with E-state index in [1.807, 2.05) is 18.2 Å². The van der Waals surface area contributed by atoms with E-state index in [4.69, 9.17) is 0 Å². The molecule has 0 radical (unpaired) electrons. The van der Waals surface area contributed by atoms with Gasteiger partial charge in [-0.2, -0.15) is 0 Å². The third-order valence-electron chi connectivity index (χ3n) is 4.12. The van der Waals surface area contributed by atoms with Gasteiger partial charge in [-0.05, 0) is 47.4 Å². The van der Waals surface area contributed by atoms with Gasteiger partial charge in [-0.3, -0.25) is 9.78 Å². The second kappa shape index (κ2) is 7.58. The molecule has 0 saturated carbocycles. The van der Waals surface area contributed by atoms with Crippen LogP contribution < -0.4 is 10.6 Å². The second-order valence-electron chi connectivity index (χ2n) is 7.34. The highest BCUT2D eigenvalue weighted by atomic mass is 19.1. The largest absolute Gasteiger partial charge is 0.354 e. The lowest BCUT2D eigenvalue weighted by Gasteiger charge is -2.23. The number of hydrogen-bond acceptors (Lipinski definition) is 3. The Balaban J connectivity index is 1.80. The van der Waals surface area contributed by atoms with Crippen LogP contribution >= 0.6 is 0 Å². The lowest BCUT2D eigenvalue weighted by atomic mass is 9.86. The summed E-state index contributed by atoms with van der Waals surface area (Å²) in [5, 5.41) is 6.09. The van der Waals surface area contributed by atoms with Gasteiger partial charge in [-0.1, -0.05) is 39.0 Å². The van der Waals surface area contributed by atoms with E-state index in [2.05, 4.69) is 42.5 Å². The quantitative estimate of drug-likeness (QED) is 0.642. The molecule has 4 nitrogen and oxygen atoms in total. The SMILES string of the molecule is CC(C)(C)c1ccccc1Nc1cncc(C(=O)Nc2ccc(F)cc2)c1. The minimum Gasteiger partial charge on any atom is -0.354 e. The number of rotatable bonds is 4. The van der Waals surface area contributed by atoms with Crippen molar-refractivity contribution in [3.8, 4) is 0 Å². The van der Waals surface area contributed by atoms with Crippen molar-refractivity contribution in [1.29, 1.82) is 0 Å². The molecule has 0 aliphatic rings. The first-order valence-electron chi connectivity index (χ1n) is 8.71. The van der Waals surface area contributed by atoms with Crippen LogP contribution in [0.15, 0.2) is 67.0 Å². The van der Waals surface area contributed by atoms with E-state index in [1.54, 1.807) is 12.3 Å². The van der Waals surface area contributed by atoms with E-state index in [0.29, 0.717) is 11.3 Å². The molecule has 138 valence electrons. The van der Waals surface area contributed by atoms with Crippen molar-refractivity contribution in [3.05, 3.63) is 83.9 Å². The van der Waals surface area contributed by atoms with Gasteiger partial charge in [0, 0.05) is 17.6 Å². The van der Waals surface area contributed by atoms with E-state index in [9.17, 15) is 9.18 Å². The molecule has 3 rings (SSSR count). The summed E-state index contributed by atoms with van der Waals surface area (Å²) in [5.41, 5.74) is 3.79. The van der Waals surface area contributed by atoms with Gasteiger partial charge in [0.15, 0.2) is 0 Å². The molecule has 2 aromatic carbocycles. The number of nitrogens with zero attached hydrogens (tertiary/aromatic N) is 1. The minimum absolute atomic E-state index is 0.0193. The average Bonchev–Trinajstić information content (AvgIpc) is 2.63. The van der Waals surface area contributed by atoms with Gasteiger partial charge in [-0.15, -0.1) is 0 Å². The molecule has 0 atom stereocenters. The summed E-state index contributed by atoms with van der Waals surface area (Å²) in [5.74, 6) is -0.653. The fraction of sp³-hybridized carbons (Fsp3) is 0.182. The number of carbonyl (C=O) groups excluding carboxylic acids is 1. The van der Waals surface area contributed by atoms with Crippen molar-refractivity contribution in [3.63, 3.8) is 0 Å². The number of aromatic nitrogens is 1. The Hall–Kier alpha value is -3.21. The van der Waals surface area contributed by atoms with E-state index >= 15 is 0 Å². The molecule has 1 amide bonds. The molecule has 0 aliphatic carbocycles. The third kappa shape index (κ3) is 4.70. The standard InChI is InChI=1S/C22H22FN3O/c1-22(2,3)19-6-4-5-7-20(19)25-18-12-15(13-24-14-18)21(27)26-17-10-8-16(23)9-11-17/h4-14,25H,1-3H3,(H,26,27). The molecule has 0 spiro atoms. The molecule has 5 heteroatoms. The summed E-state index contributed by atoms with van der Waals surface area (Å²) in [6.07, 6.45) is 3.17. The van der Waals surface area contributed by atoms with Crippen molar-refractivity contribution in [2.75, 3.05) is 10.6 Å². The summed E-state index contributed by atoms with van der Waals surface area (Å²) in [4.78, 5) is 16.6. The number of hydrogen-bond donors (Lipinski definition) is 2. The lowest BCUT2D eigenvalue weighted by molar-refractivity contribution is 0.102. The van der Waals surface area contributed by atoms with Gasteiger partial charge < -0.3 is 10.6 Å². The molecule has 2 N–H and O–H groups in total. The normalized spacial score (nSPS) is 11.1. The molecule has 0 unspecified atom stereocenters. The Bertz CT molecular complexity index is 946. The summed E-state index contributed by atoms with van der Waals surface area (Å²) >= 11 is 0. The van der Waals surface area contributed by atoms with Crippen LogP contribution in [0.3, 0.4) is 0 Å². The molecule has 0 aliphatic heterocycles. The topological polar surface area (TPSA) is 54.0 Å². The maximum atomic E-state index is 13.0. The van der Waals surface area contributed by atoms with E-state index in [0.717, 1.165) is 11.4 Å². The monoisotopic (exact) mass is 363 g/mol. The number of para-hydroxylation sites is 1. The fourth-order valence-corrected chi connectivity index (χ4v) is 2.77. The van der Waals surface area contributed by atoms with Crippen LogP contribution in [0.25, 0.3) is 0 Å². The van der Waals surface area contributed by atoms with Gasteiger partial charge in [-0.25, -0.2) is 4.39 Å². The summed E-state index contributed by atoms with van der Waals surface area (Å²) in [7, 11) is 0. The van der Waals surface area contributed by atoms with Crippen molar-refractivity contribution in [2.45, 2.75) is 26.2 Å². The number of nitrogens with one attached hydrogen (secondary N) is 2. The first-order valence-corrected chi connectivity index (χ1v) is 8.71. The second-order valence-corrected chi connectivity index (χ2v) is 7.34. The Morgan fingerprint density at radius 2 is 1.67 bits per heavy atom. The first kappa shape index (κ1) is 18.6. The average molecular weight is 363 g/mol. The number of halogens is 1. The minimum atomic E-state index is -0.349. The number of pyridine rings is 1. The van der Waals surface area contributed by atoms with Crippen LogP contribution in [0, 0.1) is 5.82 Å².